The van der Waals surface area contributed by atoms with Gasteiger partial charge in [-0.25, -0.2) is 0 Å². The van der Waals surface area contributed by atoms with Crippen LogP contribution in [0.2, 0.25) is 0 Å². The molecule has 1 aromatic carbocycles. The minimum atomic E-state index is -4.77. The van der Waals surface area contributed by atoms with Gasteiger partial charge in [-0.3, -0.25) is 4.79 Å². The van der Waals surface area contributed by atoms with Crippen molar-refractivity contribution in [3.63, 3.8) is 0 Å². The lowest BCUT2D eigenvalue weighted by Gasteiger charge is -2.13. The molecule has 6 heteroatoms. The monoisotopic (exact) mass is 246 g/mol. The predicted molar refractivity (Wildman–Crippen MR) is 51.7 cm³/mol. The predicted octanol–water partition coefficient (Wildman–Crippen LogP) is 2.70. The van der Waals surface area contributed by atoms with Gasteiger partial charge in [-0.15, -0.1) is 13.2 Å². The van der Waals surface area contributed by atoms with Crippen molar-refractivity contribution in [1.82, 2.24) is 0 Å². The molecule has 0 bridgehead atoms. The molecule has 0 aliphatic heterocycles. The molecule has 0 heterocycles. The molecule has 0 unspecified atom stereocenters. The standard InChI is InChI=1S/C11H9F3O3/c12-11(13,14)17-8-3-1-2-7(6-8)10(4-5-10)9(15)16/h1-3,6H,4-5H2,(H,15,16). The molecule has 0 amide bonds. The van der Waals surface area contributed by atoms with Crippen molar-refractivity contribution >= 4 is 5.97 Å². The van der Waals surface area contributed by atoms with Gasteiger partial charge in [-0.05, 0) is 30.5 Å². The Balaban J connectivity index is 2.27. The second-order valence-electron chi connectivity index (χ2n) is 3.96. The van der Waals surface area contributed by atoms with Gasteiger partial charge in [-0.2, -0.15) is 0 Å². The van der Waals surface area contributed by atoms with Crippen molar-refractivity contribution in [2.24, 2.45) is 0 Å². The number of halogens is 3. The van der Waals surface area contributed by atoms with Gasteiger partial charge in [0.15, 0.2) is 0 Å². The summed E-state index contributed by atoms with van der Waals surface area (Å²) in [5, 5.41) is 9.02. The van der Waals surface area contributed by atoms with Gasteiger partial charge < -0.3 is 9.84 Å². The number of aliphatic carboxylic acids is 1. The van der Waals surface area contributed by atoms with Crippen LogP contribution in [0.5, 0.6) is 5.75 Å². The van der Waals surface area contributed by atoms with E-state index in [1.54, 1.807) is 0 Å². The molecule has 1 aromatic rings. The normalized spacial score (nSPS) is 17.6. The summed E-state index contributed by atoms with van der Waals surface area (Å²) in [6, 6.07) is 5.15. The molecular weight excluding hydrogens is 237 g/mol. The number of ether oxygens (including phenoxy) is 1. The van der Waals surface area contributed by atoms with Gasteiger partial charge in [0.25, 0.3) is 0 Å². The Morgan fingerprint density at radius 2 is 2.00 bits per heavy atom. The first-order valence-corrected chi connectivity index (χ1v) is 4.93. The fourth-order valence-electron chi connectivity index (χ4n) is 1.74. The SMILES string of the molecule is O=C(O)C1(c2cccc(OC(F)(F)F)c2)CC1. The minimum Gasteiger partial charge on any atom is -0.481 e. The van der Waals surface area contributed by atoms with Crippen LogP contribution in [0, 0.1) is 0 Å². The molecule has 1 N–H and O–H groups in total. The van der Waals surface area contributed by atoms with Gasteiger partial charge >= 0.3 is 12.3 Å². The summed E-state index contributed by atoms with van der Waals surface area (Å²) in [5.74, 6) is -1.40. The van der Waals surface area contributed by atoms with E-state index in [9.17, 15) is 18.0 Å². The van der Waals surface area contributed by atoms with Crippen LogP contribution in [0.4, 0.5) is 13.2 Å². The van der Waals surface area contributed by atoms with Crippen LogP contribution in [-0.4, -0.2) is 17.4 Å². The number of rotatable bonds is 3. The number of alkyl halides is 3. The highest BCUT2D eigenvalue weighted by molar-refractivity contribution is 5.85. The zero-order chi connectivity index (χ0) is 12.7. The molecule has 1 fully saturated rings. The van der Waals surface area contributed by atoms with Crippen molar-refractivity contribution in [1.29, 1.82) is 0 Å². The molecule has 3 nitrogen and oxygen atoms in total. The lowest BCUT2D eigenvalue weighted by molar-refractivity contribution is -0.274. The molecular formula is C11H9F3O3. The molecule has 17 heavy (non-hydrogen) atoms. The Bertz CT molecular complexity index is 450. The lowest BCUT2D eigenvalue weighted by atomic mass is 9.96. The maximum Gasteiger partial charge on any atom is 0.573 e. The molecule has 0 radical (unpaired) electrons. The highest BCUT2D eigenvalue weighted by Gasteiger charge is 2.51. The molecule has 1 aliphatic carbocycles. The highest BCUT2D eigenvalue weighted by atomic mass is 19.4. The average molecular weight is 246 g/mol. The van der Waals surface area contributed by atoms with Crippen LogP contribution in [0.15, 0.2) is 24.3 Å². The third kappa shape index (κ3) is 2.35. The van der Waals surface area contributed by atoms with E-state index in [4.69, 9.17) is 5.11 Å². The Labute approximate surface area is 94.8 Å². The van der Waals surface area contributed by atoms with E-state index in [0.717, 1.165) is 12.1 Å². The van der Waals surface area contributed by atoms with E-state index in [1.807, 2.05) is 0 Å². The number of carboxylic acid groups (broad SMARTS) is 1. The van der Waals surface area contributed by atoms with Crippen LogP contribution in [-0.2, 0) is 10.2 Å². The summed E-state index contributed by atoms with van der Waals surface area (Å²) in [5.41, 5.74) is -0.669. The first-order valence-electron chi connectivity index (χ1n) is 4.93. The van der Waals surface area contributed by atoms with Gasteiger partial charge in [0.1, 0.15) is 5.75 Å². The summed E-state index contributed by atoms with van der Waals surface area (Å²) in [6.07, 6.45) is -3.88. The molecule has 1 saturated carbocycles. The van der Waals surface area contributed by atoms with Gasteiger partial charge in [0, 0.05) is 0 Å². The van der Waals surface area contributed by atoms with Gasteiger partial charge in [0.2, 0.25) is 0 Å². The number of hydrogen-bond acceptors (Lipinski definition) is 2. The molecule has 0 saturated heterocycles. The molecule has 0 atom stereocenters. The molecule has 0 spiro atoms. The summed E-state index contributed by atoms with van der Waals surface area (Å²) in [7, 11) is 0. The Hall–Kier alpha value is -1.72. The maximum absolute atomic E-state index is 12.0. The van der Waals surface area contributed by atoms with Gasteiger partial charge in [0.05, 0.1) is 5.41 Å². The fourth-order valence-corrected chi connectivity index (χ4v) is 1.74. The largest absolute Gasteiger partial charge is 0.573 e. The molecule has 0 aromatic heterocycles. The van der Waals surface area contributed by atoms with Crippen LogP contribution in [0.25, 0.3) is 0 Å². The van der Waals surface area contributed by atoms with E-state index in [2.05, 4.69) is 4.74 Å². The summed E-state index contributed by atoms with van der Waals surface area (Å²) < 4.78 is 39.8. The van der Waals surface area contributed by atoms with Crippen LogP contribution in [0.3, 0.4) is 0 Å². The van der Waals surface area contributed by atoms with Gasteiger partial charge in [-0.1, -0.05) is 12.1 Å². The third-order valence-electron chi connectivity index (χ3n) is 2.78. The van der Waals surface area contributed by atoms with E-state index in [1.165, 1.54) is 12.1 Å². The van der Waals surface area contributed by atoms with Crippen LogP contribution < -0.4 is 4.74 Å². The van der Waals surface area contributed by atoms with Crippen molar-refractivity contribution in [2.45, 2.75) is 24.6 Å². The number of carboxylic acids is 1. The zero-order valence-corrected chi connectivity index (χ0v) is 8.62. The maximum atomic E-state index is 12.0. The van der Waals surface area contributed by atoms with Crippen molar-refractivity contribution in [3.05, 3.63) is 29.8 Å². The quantitative estimate of drug-likeness (QED) is 0.891. The van der Waals surface area contributed by atoms with Crippen LogP contribution >= 0.6 is 0 Å². The number of benzene rings is 1. The molecule has 2 rings (SSSR count). The second-order valence-corrected chi connectivity index (χ2v) is 3.96. The summed E-state index contributed by atoms with van der Waals surface area (Å²) >= 11 is 0. The summed E-state index contributed by atoms with van der Waals surface area (Å²) in [6.45, 7) is 0. The smallest absolute Gasteiger partial charge is 0.481 e. The van der Waals surface area contributed by atoms with Crippen molar-refractivity contribution in [2.75, 3.05) is 0 Å². The van der Waals surface area contributed by atoms with Crippen molar-refractivity contribution < 1.29 is 27.8 Å². The second kappa shape index (κ2) is 3.65. The van der Waals surface area contributed by atoms with E-state index >= 15 is 0 Å². The fraction of sp³-hybridized carbons (Fsp3) is 0.364. The Kier molecular flexibility index (Phi) is 2.52. The Morgan fingerprint density at radius 3 is 2.47 bits per heavy atom. The minimum absolute atomic E-state index is 0.353. The highest BCUT2D eigenvalue weighted by Crippen LogP contribution is 2.49. The van der Waals surface area contributed by atoms with Crippen LogP contribution in [0.1, 0.15) is 18.4 Å². The van der Waals surface area contributed by atoms with E-state index in [0.29, 0.717) is 18.4 Å². The van der Waals surface area contributed by atoms with Crippen molar-refractivity contribution in [3.8, 4) is 5.75 Å². The third-order valence-corrected chi connectivity index (χ3v) is 2.78. The lowest BCUT2D eigenvalue weighted by Crippen LogP contribution is -2.20. The number of carbonyl (C=O) groups is 1. The van der Waals surface area contributed by atoms with E-state index < -0.39 is 17.7 Å². The van der Waals surface area contributed by atoms with E-state index in [-0.39, 0.29) is 5.75 Å². The average Bonchev–Trinajstić information content (AvgIpc) is 2.95. The Morgan fingerprint density at radius 1 is 1.35 bits per heavy atom. The number of hydrogen-bond donors (Lipinski definition) is 1. The topological polar surface area (TPSA) is 46.5 Å². The first kappa shape index (κ1) is 11.8. The molecule has 92 valence electrons. The first-order chi connectivity index (χ1) is 7.83. The summed E-state index contributed by atoms with van der Waals surface area (Å²) in [4.78, 5) is 11.0. The zero-order valence-electron chi connectivity index (χ0n) is 8.62. The molecule has 1 aliphatic rings.